The summed E-state index contributed by atoms with van der Waals surface area (Å²) in [5.41, 5.74) is 6.98. The molecule has 276 valence electrons. The number of carbonyl (C=O) groups is 7. The lowest BCUT2D eigenvalue weighted by molar-refractivity contribution is -0.134. The summed E-state index contributed by atoms with van der Waals surface area (Å²) in [5, 5.41) is 15.9. The van der Waals surface area contributed by atoms with Crippen molar-refractivity contribution in [3.8, 4) is 0 Å². The Morgan fingerprint density at radius 3 is 1.84 bits per heavy atom. The van der Waals surface area contributed by atoms with Crippen molar-refractivity contribution in [3.63, 3.8) is 0 Å². The normalized spacial score (nSPS) is 16.2. The van der Waals surface area contributed by atoms with Crippen molar-refractivity contribution >= 4 is 53.1 Å². The zero-order valence-electron chi connectivity index (χ0n) is 29.2. The third-order valence-electron chi connectivity index (χ3n) is 8.20. The van der Waals surface area contributed by atoms with Gasteiger partial charge in [0, 0.05) is 19.3 Å². The summed E-state index contributed by atoms with van der Waals surface area (Å²) >= 11 is 1.50. The molecule has 5 atom stereocenters. The first-order chi connectivity index (χ1) is 24.4. The average Bonchev–Trinajstić information content (AvgIpc) is 3.54. The molecular formula is C36H49N7O7S. The molecule has 0 spiro atoms. The molecule has 1 saturated heterocycles. The third-order valence-corrected chi connectivity index (χ3v) is 8.84. The zero-order chi connectivity index (χ0) is 37.3. The van der Waals surface area contributed by atoms with Gasteiger partial charge in [0.15, 0.2) is 0 Å². The number of primary amides is 1. The smallest absolute Gasteiger partial charge is 0.243 e. The number of nitrogens with two attached hydrogens (primary N) is 1. The number of hydrogen-bond donors (Lipinski definition) is 7. The van der Waals surface area contributed by atoms with E-state index in [-0.39, 0.29) is 37.5 Å². The summed E-state index contributed by atoms with van der Waals surface area (Å²) in [6.45, 7) is 3.25. The summed E-state index contributed by atoms with van der Waals surface area (Å²) < 4.78 is 0. The number of benzene rings is 2. The van der Waals surface area contributed by atoms with Gasteiger partial charge in [-0.05, 0) is 48.3 Å². The Labute approximate surface area is 302 Å². The van der Waals surface area contributed by atoms with Crippen LogP contribution in [0, 0.1) is 5.92 Å². The minimum absolute atomic E-state index is 0.00796. The number of nitrogens with one attached hydrogen (secondary N) is 6. The summed E-state index contributed by atoms with van der Waals surface area (Å²) in [6.07, 6.45) is 3.17. The molecular weight excluding hydrogens is 675 g/mol. The van der Waals surface area contributed by atoms with Crippen LogP contribution in [0.1, 0.15) is 50.7 Å². The third kappa shape index (κ3) is 14.1. The van der Waals surface area contributed by atoms with Gasteiger partial charge in [-0.2, -0.15) is 11.8 Å². The van der Waals surface area contributed by atoms with Crippen LogP contribution in [0.4, 0.5) is 0 Å². The second-order valence-electron chi connectivity index (χ2n) is 12.9. The van der Waals surface area contributed by atoms with Gasteiger partial charge in [-0.3, -0.25) is 33.6 Å². The van der Waals surface area contributed by atoms with Crippen molar-refractivity contribution in [2.45, 2.75) is 82.6 Å². The van der Waals surface area contributed by atoms with Crippen molar-refractivity contribution in [2.75, 3.05) is 18.6 Å². The first-order valence-corrected chi connectivity index (χ1v) is 18.4. The molecule has 0 bridgehead atoms. The van der Waals surface area contributed by atoms with E-state index in [9.17, 15) is 33.6 Å². The molecule has 14 nitrogen and oxygen atoms in total. The van der Waals surface area contributed by atoms with E-state index in [1.54, 1.807) is 36.4 Å². The number of amides is 7. The second kappa shape index (κ2) is 20.7. The fourth-order valence-electron chi connectivity index (χ4n) is 5.51. The van der Waals surface area contributed by atoms with Gasteiger partial charge < -0.3 is 37.6 Å². The molecule has 0 saturated carbocycles. The van der Waals surface area contributed by atoms with Crippen molar-refractivity contribution in [1.29, 1.82) is 0 Å². The van der Waals surface area contributed by atoms with Crippen LogP contribution in [0.2, 0.25) is 0 Å². The minimum atomic E-state index is -1.14. The summed E-state index contributed by atoms with van der Waals surface area (Å²) in [5.74, 6) is -3.34. The summed E-state index contributed by atoms with van der Waals surface area (Å²) in [6, 6.07) is 13.1. The van der Waals surface area contributed by atoms with Crippen LogP contribution in [0.3, 0.4) is 0 Å². The SMILES string of the molecule is CSCC[C@H](NC(=O)[C@H](CC(C)C)NC(=O)CNC(=O)[C@H](Cc1ccccc1)NC(=O)[C@H](Cc1ccccc1)NC(=O)[C@H]1CCC(=O)N1)C(N)=O. The van der Waals surface area contributed by atoms with Gasteiger partial charge in [0.1, 0.15) is 30.2 Å². The molecule has 7 amide bonds. The average molecular weight is 724 g/mol. The molecule has 0 aromatic heterocycles. The van der Waals surface area contributed by atoms with E-state index >= 15 is 0 Å². The second-order valence-corrected chi connectivity index (χ2v) is 13.9. The molecule has 51 heavy (non-hydrogen) atoms. The van der Waals surface area contributed by atoms with Crippen molar-refractivity contribution in [3.05, 3.63) is 71.8 Å². The fourth-order valence-corrected chi connectivity index (χ4v) is 5.98. The number of thioether (sulfide) groups is 1. The number of carbonyl (C=O) groups excluding carboxylic acids is 7. The van der Waals surface area contributed by atoms with Gasteiger partial charge >= 0.3 is 0 Å². The quantitative estimate of drug-likeness (QED) is 0.0991. The van der Waals surface area contributed by atoms with Gasteiger partial charge in [0.25, 0.3) is 0 Å². The van der Waals surface area contributed by atoms with Gasteiger partial charge in [-0.1, -0.05) is 74.5 Å². The standard InChI is InChI=1S/C36H49N7O7S/c1-22(2)18-27(35(49)41-25(32(37)46)16-17-51-3)40-31(45)21-38-33(47)28(19-23-10-6-4-7-11-23)42-36(50)29(20-24-12-8-5-9-13-24)43-34(48)26-14-15-30(44)39-26/h4-13,22,25-29H,14-21H2,1-3H3,(H2,37,46)(H,38,47)(H,39,44)(H,40,45)(H,41,49)(H,42,50)(H,43,48)/t25-,26+,27-,28-,29-/m0/s1. The van der Waals surface area contributed by atoms with Gasteiger partial charge in [0.2, 0.25) is 41.4 Å². The van der Waals surface area contributed by atoms with E-state index in [0.717, 1.165) is 11.1 Å². The molecule has 0 aliphatic carbocycles. The van der Waals surface area contributed by atoms with Crippen LogP contribution >= 0.6 is 11.8 Å². The Morgan fingerprint density at radius 1 is 0.784 bits per heavy atom. The molecule has 0 unspecified atom stereocenters. The van der Waals surface area contributed by atoms with Gasteiger partial charge in [-0.25, -0.2) is 0 Å². The highest BCUT2D eigenvalue weighted by Crippen LogP contribution is 2.11. The molecule has 8 N–H and O–H groups in total. The van der Waals surface area contributed by atoms with Crippen molar-refractivity contribution in [1.82, 2.24) is 31.9 Å². The predicted molar refractivity (Wildman–Crippen MR) is 194 cm³/mol. The number of rotatable bonds is 20. The highest BCUT2D eigenvalue weighted by Gasteiger charge is 2.33. The van der Waals surface area contributed by atoms with E-state index in [2.05, 4.69) is 31.9 Å². The monoisotopic (exact) mass is 723 g/mol. The minimum Gasteiger partial charge on any atom is -0.368 e. The van der Waals surface area contributed by atoms with Crippen LogP contribution in [-0.2, 0) is 46.4 Å². The molecule has 2 aromatic carbocycles. The lowest BCUT2D eigenvalue weighted by Gasteiger charge is -2.25. The van der Waals surface area contributed by atoms with E-state index in [1.807, 2.05) is 44.4 Å². The van der Waals surface area contributed by atoms with Crippen LogP contribution in [0.15, 0.2) is 60.7 Å². The molecule has 1 aliphatic heterocycles. The molecule has 2 aromatic rings. The maximum atomic E-state index is 13.8. The molecule has 1 fully saturated rings. The van der Waals surface area contributed by atoms with Crippen LogP contribution in [-0.4, -0.2) is 90.1 Å². The molecule has 0 radical (unpaired) electrons. The van der Waals surface area contributed by atoms with E-state index in [1.165, 1.54) is 11.8 Å². The summed E-state index contributed by atoms with van der Waals surface area (Å²) in [4.78, 5) is 90.2. The molecule has 3 rings (SSSR count). The number of hydrogen-bond acceptors (Lipinski definition) is 8. The van der Waals surface area contributed by atoms with E-state index in [0.29, 0.717) is 18.6 Å². The topological polar surface area (TPSA) is 218 Å². The Morgan fingerprint density at radius 2 is 1.33 bits per heavy atom. The first-order valence-electron chi connectivity index (χ1n) is 17.0. The Kier molecular flexibility index (Phi) is 16.4. The highest BCUT2D eigenvalue weighted by atomic mass is 32.2. The Balaban J connectivity index is 1.73. The zero-order valence-corrected chi connectivity index (χ0v) is 30.1. The fraction of sp³-hybridized carbons (Fsp3) is 0.472. The maximum Gasteiger partial charge on any atom is 0.243 e. The van der Waals surface area contributed by atoms with E-state index in [4.69, 9.17) is 5.73 Å². The summed E-state index contributed by atoms with van der Waals surface area (Å²) in [7, 11) is 0. The predicted octanol–water partition coefficient (Wildman–Crippen LogP) is 0.0903. The molecule has 1 heterocycles. The van der Waals surface area contributed by atoms with E-state index < -0.39 is 72.2 Å². The largest absolute Gasteiger partial charge is 0.368 e. The molecule has 15 heteroatoms. The van der Waals surface area contributed by atoms with Gasteiger partial charge in [0.05, 0.1) is 6.54 Å². The Hall–Kier alpha value is -4.92. The molecule has 1 aliphatic rings. The lowest BCUT2D eigenvalue weighted by atomic mass is 10.0. The van der Waals surface area contributed by atoms with Crippen molar-refractivity contribution < 1.29 is 33.6 Å². The Bertz CT molecular complexity index is 1510. The lowest BCUT2D eigenvalue weighted by Crippen LogP contribution is -2.58. The van der Waals surface area contributed by atoms with Crippen LogP contribution < -0.4 is 37.6 Å². The van der Waals surface area contributed by atoms with Crippen LogP contribution in [0.5, 0.6) is 0 Å². The van der Waals surface area contributed by atoms with Crippen LogP contribution in [0.25, 0.3) is 0 Å². The maximum absolute atomic E-state index is 13.8. The first kappa shape index (κ1) is 40.5. The van der Waals surface area contributed by atoms with Crippen molar-refractivity contribution in [2.24, 2.45) is 11.7 Å². The highest BCUT2D eigenvalue weighted by molar-refractivity contribution is 7.98. The van der Waals surface area contributed by atoms with Gasteiger partial charge in [-0.15, -0.1) is 0 Å².